The quantitative estimate of drug-likeness (QED) is 0.726. The minimum atomic E-state index is -1.89. The number of carbonyl (C=O) groups is 2. The summed E-state index contributed by atoms with van der Waals surface area (Å²) in [7, 11) is 3.23. The van der Waals surface area contributed by atoms with Crippen LogP contribution in [0.5, 0.6) is 0 Å². The van der Waals surface area contributed by atoms with Gasteiger partial charge in [0.25, 0.3) is 5.91 Å². The van der Waals surface area contributed by atoms with Gasteiger partial charge in [-0.15, -0.1) is 0 Å². The molecule has 4 atom stereocenters. The van der Waals surface area contributed by atoms with E-state index in [1.807, 2.05) is 6.07 Å². The molecular formula is C19H20ClN7O2. The van der Waals surface area contributed by atoms with Gasteiger partial charge in [-0.2, -0.15) is 15.5 Å². The molecule has 0 radical (unpaired) electrons. The number of amidine groups is 1. The number of nitrogens with one attached hydrogen (secondary N) is 1. The minimum absolute atomic E-state index is 0.171. The fraction of sp³-hybridized carbons (Fsp3) is 0.421. The highest BCUT2D eigenvalue weighted by molar-refractivity contribution is 6.30. The number of nitrogens with two attached hydrogens (primary N) is 1. The van der Waals surface area contributed by atoms with Crippen LogP contribution < -0.4 is 11.1 Å². The molecule has 1 aliphatic heterocycles. The van der Waals surface area contributed by atoms with E-state index in [-0.39, 0.29) is 12.3 Å². The summed E-state index contributed by atoms with van der Waals surface area (Å²) in [6.45, 7) is 1.74. The zero-order chi connectivity index (χ0) is 21.6. The molecule has 0 bridgehead atoms. The Morgan fingerprint density at radius 1 is 1.34 bits per heavy atom. The zero-order valence-electron chi connectivity index (χ0n) is 16.2. The predicted octanol–water partition coefficient (Wildman–Crippen LogP) is 1.98. The Hall–Kier alpha value is -3.14. The van der Waals surface area contributed by atoms with E-state index >= 15 is 0 Å². The maximum atomic E-state index is 13.1. The number of rotatable bonds is 3. The summed E-state index contributed by atoms with van der Waals surface area (Å²) in [5.74, 6) is -1.43. The third-order valence-corrected chi connectivity index (χ3v) is 6.00. The molecule has 1 saturated carbocycles. The van der Waals surface area contributed by atoms with Gasteiger partial charge in [-0.1, -0.05) is 24.6 Å². The van der Waals surface area contributed by atoms with Crippen molar-refractivity contribution < 1.29 is 9.59 Å². The number of amides is 3. The van der Waals surface area contributed by atoms with Gasteiger partial charge in [0.1, 0.15) is 11.3 Å². The van der Waals surface area contributed by atoms with Crippen LogP contribution >= 0.6 is 11.6 Å². The van der Waals surface area contributed by atoms with E-state index in [1.54, 1.807) is 45.3 Å². The number of aliphatic imine (C=N–C) groups is 1. The smallest absolute Gasteiger partial charge is 0.336 e. The first kappa shape index (κ1) is 20.6. The van der Waals surface area contributed by atoms with Crippen LogP contribution in [0, 0.1) is 39.4 Å². The molecule has 3 N–H and O–H groups in total. The molecule has 1 aromatic rings. The van der Waals surface area contributed by atoms with Crippen molar-refractivity contribution >= 4 is 35.1 Å². The van der Waals surface area contributed by atoms with Gasteiger partial charge in [-0.05, 0) is 30.5 Å². The fourth-order valence-electron chi connectivity index (χ4n) is 4.49. The SMILES string of the molecule is C[C@H]1C[C@@H](N(C(=O)Nc2cccc(Cl)c2)N(C)C)[C@@]2(C#N)C(=O)N=C(N)[C@]12C#N. The molecule has 0 unspecified atom stereocenters. The Labute approximate surface area is 173 Å². The van der Waals surface area contributed by atoms with Crippen LogP contribution in [0.1, 0.15) is 13.3 Å². The van der Waals surface area contributed by atoms with Gasteiger partial charge in [-0.25, -0.2) is 9.80 Å². The summed E-state index contributed by atoms with van der Waals surface area (Å²) in [4.78, 5) is 29.8. The van der Waals surface area contributed by atoms with E-state index in [9.17, 15) is 20.1 Å². The molecule has 1 heterocycles. The van der Waals surface area contributed by atoms with Crippen LogP contribution in [-0.2, 0) is 4.79 Å². The maximum absolute atomic E-state index is 13.1. The van der Waals surface area contributed by atoms with E-state index in [4.69, 9.17) is 17.3 Å². The highest BCUT2D eigenvalue weighted by atomic mass is 35.5. The van der Waals surface area contributed by atoms with Gasteiger partial charge >= 0.3 is 6.03 Å². The molecule has 29 heavy (non-hydrogen) atoms. The second-order valence-corrected chi connectivity index (χ2v) is 7.86. The summed E-state index contributed by atoms with van der Waals surface area (Å²) < 4.78 is 0. The molecule has 2 aliphatic rings. The molecule has 0 spiro atoms. The van der Waals surface area contributed by atoms with Crippen molar-refractivity contribution in [2.75, 3.05) is 19.4 Å². The predicted molar refractivity (Wildman–Crippen MR) is 106 cm³/mol. The Morgan fingerprint density at radius 3 is 2.55 bits per heavy atom. The molecular weight excluding hydrogens is 394 g/mol. The molecule has 1 fully saturated rings. The largest absolute Gasteiger partial charge is 0.386 e. The Kier molecular flexibility index (Phi) is 4.99. The van der Waals surface area contributed by atoms with Gasteiger partial charge in [0.05, 0.1) is 18.2 Å². The Balaban J connectivity index is 2.07. The van der Waals surface area contributed by atoms with E-state index in [0.29, 0.717) is 10.7 Å². The van der Waals surface area contributed by atoms with Gasteiger partial charge < -0.3 is 11.1 Å². The first-order chi connectivity index (χ1) is 13.6. The third-order valence-electron chi connectivity index (χ3n) is 5.76. The number of carbonyl (C=O) groups excluding carboxylic acids is 2. The van der Waals surface area contributed by atoms with Gasteiger partial charge in [-0.3, -0.25) is 9.80 Å². The average molecular weight is 414 g/mol. The van der Waals surface area contributed by atoms with E-state index in [0.717, 1.165) is 0 Å². The monoisotopic (exact) mass is 413 g/mol. The molecule has 10 heteroatoms. The first-order valence-electron chi connectivity index (χ1n) is 8.90. The second-order valence-electron chi connectivity index (χ2n) is 7.43. The van der Waals surface area contributed by atoms with E-state index < -0.39 is 34.7 Å². The third kappa shape index (κ3) is 2.66. The zero-order valence-corrected chi connectivity index (χ0v) is 16.9. The van der Waals surface area contributed by atoms with Crippen LogP contribution in [0.15, 0.2) is 29.3 Å². The van der Waals surface area contributed by atoms with Crippen molar-refractivity contribution in [3.8, 4) is 12.1 Å². The number of halogens is 1. The maximum Gasteiger partial charge on any atom is 0.336 e. The lowest BCUT2D eigenvalue weighted by molar-refractivity contribution is -0.129. The number of hydrogen-bond acceptors (Lipinski definition) is 6. The lowest BCUT2D eigenvalue weighted by Crippen LogP contribution is -2.60. The molecule has 150 valence electrons. The number of hydrogen-bond donors (Lipinski definition) is 2. The number of fused-ring (bicyclic) bond motifs is 1. The molecule has 9 nitrogen and oxygen atoms in total. The van der Waals surface area contributed by atoms with Crippen LogP contribution in [0.25, 0.3) is 0 Å². The number of anilines is 1. The van der Waals surface area contributed by atoms with Crippen molar-refractivity contribution in [1.82, 2.24) is 10.0 Å². The second kappa shape index (κ2) is 7.03. The molecule has 3 amide bonds. The van der Waals surface area contributed by atoms with Gasteiger partial charge in [0.15, 0.2) is 5.41 Å². The van der Waals surface area contributed by atoms with Crippen molar-refractivity contribution in [3.05, 3.63) is 29.3 Å². The summed E-state index contributed by atoms with van der Waals surface area (Å²) in [6.07, 6.45) is 0.226. The van der Waals surface area contributed by atoms with Gasteiger partial charge in [0.2, 0.25) is 0 Å². The van der Waals surface area contributed by atoms with Crippen molar-refractivity contribution in [2.45, 2.75) is 19.4 Å². The molecule has 0 aromatic heterocycles. The molecule has 1 aromatic carbocycles. The number of nitriles is 2. The number of benzene rings is 1. The lowest BCUT2D eigenvalue weighted by atomic mass is 9.63. The van der Waals surface area contributed by atoms with Gasteiger partial charge in [0, 0.05) is 24.8 Å². The van der Waals surface area contributed by atoms with Crippen molar-refractivity contribution in [3.63, 3.8) is 0 Å². The normalized spacial score (nSPS) is 30.3. The Morgan fingerprint density at radius 2 is 2.00 bits per heavy atom. The summed E-state index contributed by atoms with van der Waals surface area (Å²) >= 11 is 5.98. The van der Waals surface area contributed by atoms with Crippen LogP contribution in [0.4, 0.5) is 10.5 Å². The average Bonchev–Trinajstić information content (AvgIpc) is 3.03. The van der Waals surface area contributed by atoms with Crippen molar-refractivity contribution in [1.29, 1.82) is 10.5 Å². The fourth-order valence-corrected chi connectivity index (χ4v) is 4.68. The first-order valence-corrected chi connectivity index (χ1v) is 9.28. The van der Waals surface area contributed by atoms with Crippen LogP contribution in [0.3, 0.4) is 0 Å². The summed E-state index contributed by atoms with van der Waals surface area (Å²) in [5, 5.41) is 26.0. The summed E-state index contributed by atoms with van der Waals surface area (Å²) in [6, 6.07) is 9.19. The molecule has 0 saturated heterocycles. The highest BCUT2D eigenvalue weighted by Gasteiger charge is 2.76. The summed E-state index contributed by atoms with van der Waals surface area (Å²) in [5.41, 5.74) is 2.94. The Bertz CT molecular complexity index is 995. The highest BCUT2D eigenvalue weighted by Crippen LogP contribution is 2.61. The number of nitrogens with zero attached hydrogens (tertiary/aromatic N) is 5. The molecule has 3 rings (SSSR count). The number of urea groups is 1. The van der Waals surface area contributed by atoms with Crippen LogP contribution in [-0.4, -0.2) is 47.9 Å². The van der Waals surface area contributed by atoms with Crippen molar-refractivity contribution in [2.24, 2.45) is 27.5 Å². The van der Waals surface area contributed by atoms with E-state index in [1.165, 1.54) is 10.0 Å². The topological polar surface area (TPSA) is 139 Å². The molecule has 1 aliphatic carbocycles. The lowest BCUT2D eigenvalue weighted by Gasteiger charge is -2.40. The standard InChI is InChI=1S/C19H20ClN7O2/c1-11-7-14(19(10-22)16(28)25-15(23)18(11,19)9-21)27(26(2)3)17(29)24-13-6-4-5-12(20)8-13/h4-6,8,11,14H,7H2,1-3H3,(H,24,29)(H2,23,25,28)/t11-,14+,18-,19-/m0/s1. The van der Waals surface area contributed by atoms with E-state index in [2.05, 4.69) is 16.4 Å². The minimum Gasteiger partial charge on any atom is -0.386 e. The number of hydrazine groups is 1. The van der Waals surface area contributed by atoms with Crippen LogP contribution in [0.2, 0.25) is 5.02 Å².